The fourth-order valence-corrected chi connectivity index (χ4v) is 4.33. The summed E-state index contributed by atoms with van der Waals surface area (Å²) >= 11 is 0. The molecule has 0 bridgehead atoms. The lowest BCUT2D eigenvalue weighted by atomic mass is 9.99. The fourth-order valence-electron chi connectivity index (χ4n) is 4.33. The summed E-state index contributed by atoms with van der Waals surface area (Å²) in [6, 6.07) is 1.74. The normalized spacial score (nSPS) is 43.7. The molecule has 3 nitrogen and oxygen atoms in total. The predicted molar refractivity (Wildman–Crippen MR) is 75.8 cm³/mol. The Bertz CT molecular complexity index is 269. The van der Waals surface area contributed by atoms with Crippen LogP contribution in [0.1, 0.15) is 33.1 Å². The van der Waals surface area contributed by atoms with Crippen LogP contribution in [0.15, 0.2) is 0 Å². The van der Waals surface area contributed by atoms with Crippen LogP contribution in [0.25, 0.3) is 0 Å². The summed E-state index contributed by atoms with van der Waals surface area (Å²) in [5, 5.41) is 3.61. The Hall–Kier alpha value is -0.120. The molecule has 1 N–H and O–H groups in total. The van der Waals surface area contributed by atoms with Gasteiger partial charge in [-0.25, -0.2) is 0 Å². The highest BCUT2D eigenvalue weighted by Gasteiger charge is 2.40. The van der Waals surface area contributed by atoms with E-state index in [1.165, 1.54) is 58.5 Å². The summed E-state index contributed by atoms with van der Waals surface area (Å²) in [5.74, 6) is 1.60. The number of hydrogen-bond acceptors (Lipinski definition) is 3. The lowest BCUT2D eigenvalue weighted by Crippen LogP contribution is -2.50. The highest BCUT2D eigenvalue weighted by atomic mass is 15.3. The molecule has 3 fully saturated rings. The first-order valence-electron chi connectivity index (χ1n) is 7.93. The van der Waals surface area contributed by atoms with Gasteiger partial charge in [-0.15, -0.1) is 0 Å². The summed E-state index contributed by atoms with van der Waals surface area (Å²) in [5.41, 5.74) is 0. The van der Waals surface area contributed by atoms with Crippen LogP contribution in [-0.4, -0.2) is 61.2 Å². The third-order valence-corrected chi connectivity index (χ3v) is 5.12. The largest absolute Gasteiger partial charge is 0.316 e. The summed E-state index contributed by atoms with van der Waals surface area (Å²) in [6.45, 7) is 12.5. The Morgan fingerprint density at radius 3 is 2.22 bits per heavy atom. The van der Waals surface area contributed by atoms with Gasteiger partial charge in [-0.05, 0) is 50.7 Å². The van der Waals surface area contributed by atoms with E-state index in [4.69, 9.17) is 0 Å². The predicted octanol–water partition coefficient (Wildman–Crippen LogP) is 1.40. The van der Waals surface area contributed by atoms with Crippen LogP contribution in [0.5, 0.6) is 0 Å². The molecule has 3 heteroatoms. The van der Waals surface area contributed by atoms with Crippen LogP contribution in [0.2, 0.25) is 0 Å². The van der Waals surface area contributed by atoms with Crippen molar-refractivity contribution >= 4 is 0 Å². The van der Waals surface area contributed by atoms with E-state index in [-0.39, 0.29) is 0 Å². The molecule has 3 aliphatic rings. The van der Waals surface area contributed by atoms with Crippen molar-refractivity contribution in [3.63, 3.8) is 0 Å². The average Bonchev–Trinajstić information content (AvgIpc) is 2.87. The Kier molecular flexibility index (Phi) is 3.92. The minimum atomic E-state index is 0.799. The highest BCUT2D eigenvalue weighted by molar-refractivity contribution is 4.97. The second-order valence-corrected chi connectivity index (χ2v) is 6.92. The van der Waals surface area contributed by atoms with Crippen molar-refractivity contribution in [1.29, 1.82) is 0 Å². The molecule has 18 heavy (non-hydrogen) atoms. The molecule has 0 aliphatic carbocycles. The van der Waals surface area contributed by atoms with Gasteiger partial charge in [0.2, 0.25) is 0 Å². The van der Waals surface area contributed by atoms with E-state index in [1.54, 1.807) is 0 Å². The number of hydrogen-bond donors (Lipinski definition) is 1. The zero-order valence-corrected chi connectivity index (χ0v) is 12.1. The number of fused-ring (bicyclic) bond motifs is 1. The second kappa shape index (κ2) is 5.48. The van der Waals surface area contributed by atoms with Crippen molar-refractivity contribution < 1.29 is 0 Å². The topological polar surface area (TPSA) is 18.5 Å². The van der Waals surface area contributed by atoms with Crippen LogP contribution < -0.4 is 5.32 Å². The fraction of sp³-hybridized carbons (Fsp3) is 1.00. The highest BCUT2D eigenvalue weighted by Crippen LogP contribution is 2.32. The van der Waals surface area contributed by atoms with Crippen molar-refractivity contribution in [2.75, 3.05) is 39.3 Å². The van der Waals surface area contributed by atoms with Crippen LogP contribution >= 0.6 is 0 Å². The van der Waals surface area contributed by atoms with Gasteiger partial charge in [0, 0.05) is 31.7 Å². The van der Waals surface area contributed by atoms with Gasteiger partial charge in [0.25, 0.3) is 0 Å². The Morgan fingerprint density at radius 1 is 0.833 bits per heavy atom. The molecule has 3 saturated heterocycles. The van der Waals surface area contributed by atoms with E-state index in [2.05, 4.69) is 29.0 Å². The molecule has 3 heterocycles. The van der Waals surface area contributed by atoms with Crippen molar-refractivity contribution in [3.05, 3.63) is 0 Å². The summed E-state index contributed by atoms with van der Waals surface area (Å²) in [6.07, 6.45) is 4.29. The van der Waals surface area contributed by atoms with Crippen molar-refractivity contribution in [3.8, 4) is 0 Å². The SMILES string of the molecule is CC1CNCC(C)CN(C2CCN3CCCC23)C1. The van der Waals surface area contributed by atoms with Crippen molar-refractivity contribution in [2.24, 2.45) is 11.8 Å². The molecule has 0 radical (unpaired) electrons. The lowest BCUT2D eigenvalue weighted by molar-refractivity contribution is 0.112. The third-order valence-electron chi connectivity index (χ3n) is 5.12. The first-order chi connectivity index (χ1) is 8.74. The van der Waals surface area contributed by atoms with Gasteiger partial charge in [0.05, 0.1) is 0 Å². The second-order valence-electron chi connectivity index (χ2n) is 6.92. The molecule has 3 aliphatic heterocycles. The van der Waals surface area contributed by atoms with Gasteiger partial charge in [-0.2, -0.15) is 0 Å². The van der Waals surface area contributed by atoms with E-state index in [1.807, 2.05) is 0 Å². The quantitative estimate of drug-likeness (QED) is 0.760. The molecule has 0 aromatic heterocycles. The molecule has 0 saturated carbocycles. The molecule has 4 atom stereocenters. The van der Waals surface area contributed by atoms with Crippen LogP contribution in [0.3, 0.4) is 0 Å². The van der Waals surface area contributed by atoms with Gasteiger partial charge in [-0.1, -0.05) is 13.8 Å². The molecular weight excluding hydrogens is 222 g/mol. The Balaban J connectivity index is 1.68. The first kappa shape index (κ1) is 12.9. The van der Waals surface area contributed by atoms with Crippen LogP contribution in [-0.2, 0) is 0 Å². The summed E-state index contributed by atoms with van der Waals surface area (Å²) in [4.78, 5) is 5.59. The molecule has 0 amide bonds. The molecule has 3 rings (SSSR count). The maximum absolute atomic E-state index is 3.61. The third kappa shape index (κ3) is 2.59. The van der Waals surface area contributed by atoms with E-state index < -0.39 is 0 Å². The molecule has 0 spiro atoms. The van der Waals surface area contributed by atoms with Crippen LogP contribution in [0, 0.1) is 11.8 Å². The van der Waals surface area contributed by atoms with Crippen LogP contribution in [0.4, 0.5) is 0 Å². The summed E-state index contributed by atoms with van der Waals surface area (Å²) < 4.78 is 0. The molecular formula is C15H29N3. The van der Waals surface area contributed by atoms with Gasteiger partial charge in [0.1, 0.15) is 0 Å². The van der Waals surface area contributed by atoms with Gasteiger partial charge in [0.15, 0.2) is 0 Å². The van der Waals surface area contributed by atoms with Gasteiger partial charge in [-0.3, -0.25) is 9.80 Å². The van der Waals surface area contributed by atoms with Crippen molar-refractivity contribution in [2.45, 2.75) is 45.2 Å². The smallest absolute Gasteiger partial charge is 0.0264 e. The number of rotatable bonds is 1. The Labute approximate surface area is 112 Å². The average molecular weight is 251 g/mol. The maximum atomic E-state index is 3.61. The number of nitrogens with zero attached hydrogens (tertiary/aromatic N) is 2. The Morgan fingerprint density at radius 2 is 1.50 bits per heavy atom. The zero-order valence-electron chi connectivity index (χ0n) is 12.1. The maximum Gasteiger partial charge on any atom is 0.0264 e. The van der Waals surface area contributed by atoms with E-state index in [0.717, 1.165) is 23.9 Å². The monoisotopic (exact) mass is 251 g/mol. The lowest BCUT2D eigenvalue weighted by Gasteiger charge is -2.38. The molecule has 0 aromatic carbocycles. The number of nitrogens with one attached hydrogen (secondary N) is 1. The zero-order chi connectivity index (χ0) is 12.5. The standard InChI is InChI=1S/C15H29N3/c1-12-8-16-9-13(2)11-18(10-12)15-5-7-17-6-3-4-14(15)17/h12-16H,3-11H2,1-2H3. The van der Waals surface area contributed by atoms with Gasteiger partial charge >= 0.3 is 0 Å². The van der Waals surface area contributed by atoms with Gasteiger partial charge < -0.3 is 5.32 Å². The minimum absolute atomic E-state index is 0.799. The van der Waals surface area contributed by atoms with Crippen molar-refractivity contribution in [1.82, 2.24) is 15.1 Å². The molecule has 4 unspecified atom stereocenters. The van der Waals surface area contributed by atoms with E-state index in [0.29, 0.717) is 0 Å². The minimum Gasteiger partial charge on any atom is -0.316 e. The molecule has 0 aromatic rings. The first-order valence-corrected chi connectivity index (χ1v) is 7.93. The van der Waals surface area contributed by atoms with E-state index >= 15 is 0 Å². The summed E-state index contributed by atoms with van der Waals surface area (Å²) in [7, 11) is 0. The molecule has 104 valence electrons. The van der Waals surface area contributed by atoms with E-state index in [9.17, 15) is 0 Å².